The van der Waals surface area contributed by atoms with Crippen molar-refractivity contribution in [3.05, 3.63) is 33.2 Å². The Labute approximate surface area is 136 Å². The fraction of sp³-hybridized carbons (Fsp3) is 0. The molecule has 0 fully saturated rings. The number of hydrogen-bond donors (Lipinski definition) is 2. The van der Waals surface area contributed by atoms with Gasteiger partial charge < -0.3 is 10.1 Å². The highest BCUT2D eigenvalue weighted by molar-refractivity contribution is 9.10. The number of nitrogens with one attached hydrogen (secondary N) is 1. The van der Waals surface area contributed by atoms with Crippen molar-refractivity contribution in [1.82, 2.24) is 19.9 Å². The second-order valence-electron chi connectivity index (χ2n) is 3.89. The van der Waals surface area contributed by atoms with Crippen molar-refractivity contribution in [1.29, 1.82) is 0 Å². The van der Waals surface area contributed by atoms with Crippen LogP contribution >= 0.6 is 39.1 Å². The standard InChI is InChI=1S/C11H5BrCl2N6O/c12-4-1-2-6-5(3-4)7(8(21)15-6)19-20-11-17-9(13)16-10(14)18-11/h1-3,15,21H. The lowest BCUT2D eigenvalue weighted by Gasteiger charge is -1.94. The average Bonchev–Trinajstić information content (AvgIpc) is 2.70. The van der Waals surface area contributed by atoms with Crippen LogP contribution in [0.1, 0.15) is 0 Å². The highest BCUT2D eigenvalue weighted by Gasteiger charge is 2.11. The zero-order valence-electron chi connectivity index (χ0n) is 10.0. The van der Waals surface area contributed by atoms with Crippen molar-refractivity contribution in [2.45, 2.75) is 0 Å². The molecule has 2 heterocycles. The van der Waals surface area contributed by atoms with Crippen molar-refractivity contribution in [3.63, 3.8) is 0 Å². The van der Waals surface area contributed by atoms with Gasteiger partial charge in [-0.25, -0.2) is 0 Å². The van der Waals surface area contributed by atoms with E-state index in [1.165, 1.54) is 0 Å². The lowest BCUT2D eigenvalue weighted by Crippen LogP contribution is -1.87. The molecule has 0 bridgehead atoms. The van der Waals surface area contributed by atoms with E-state index in [2.05, 4.69) is 46.1 Å². The number of halogens is 3. The SMILES string of the molecule is Oc1[nH]c2ccc(Br)cc2c1N=Nc1nc(Cl)nc(Cl)n1. The predicted molar refractivity (Wildman–Crippen MR) is 81.7 cm³/mol. The molecule has 2 aromatic heterocycles. The second-order valence-corrected chi connectivity index (χ2v) is 5.48. The van der Waals surface area contributed by atoms with Gasteiger partial charge >= 0.3 is 0 Å². The predicted octanol–water partition coefficient (Wildman–Crippen LogP) is 4.54. The molecule has 21 heavy (non-hydrogen) atoms. The third-order valence-electron chi connectivity index (χ3n) is 2.52. The normalized spacial score (nSPS) is 11.6. The lowest BCUT2D eigenvalue weighted by atomic mass is 10.2. The van der Waals surface area contributed by atoms with Gasteiger partial charge in [-0.15, -0.1) is 10.2 Å². The molecule has 106 valence electrons. The van der Waals surface area contributed by atoms with Crippen molar-refractivity contribution in [2.24, 2.45) is 10.2 Å². The average molecular weight is 388 g/mol. The largest absolute Gasteiger partial charge is 0.493 e. The van der Waals surface area contributed by atoms with E-state index in [1.54, 1.807) is 12.1 Å². The summed E-state index contributed by atoms with van der Waals surface area (Å²) in [4.78, 5) is 13.9. The molecular weight excluding hydrogens is 383 g/mol. The van der Waals surface area contributed by atoms with E-state index >= 15 is 0 Å². The first kappa shape index (κ1) is 14.2. The van der Waals surface area contributed by atoms with Crippen LogP contribution in [-0.4, -0.2) is 25.0 Å². The van der Waals surface area contributed by atoms with Crippen LogP contribution in [0.15, 0.2) is 32.9 Å². The van der Waals surface area contributed by atoms with E-state index in [4.69, 9.17) is 23.2 Å². The maximum absolute atomic E-state index is 9.88. The Balaban J connectivity index is 2.06. The summed E-state index contributed by atoms with van der Waals surface area (Å²) in [6.45, 7) is 0. The summed E-state index contributed by atoms with van der Waals surface area (Å²) in [5.41, 5.74) is 0.982. The molecule has 0 saturated heterocycles. The number of aromatic hydroxyl groups is 1. The molecule has 0 atom stereocenters. The Morgan fingerprint density at radius 3 is 2.52 bits per heavy atom. The number of benzene rings is 1. The number of aromatic nitrogens is 4. The van der Waals surface area contributed by atoms with Gasteiger partial charge in [-0.2, -0.15) is 15.0 Å². The number of azo groups is 1. The van der Waals surface area contributed by atoms with E-state index < -0.39 is 0 Å². The number of hydrogen-bond acceptors (Lipinski definition) is 6. The van der Waals surface area contributed by atoms with E-state index in [-0.39, 0.29) is 28.1 Å². The molecule has 0 unspecified atom stereocenters. The Bertz CT molecular complexity index is 845. The van der Waals surface area contributed by atoms with Gasteiger partial charge in [-0.05, 0) is 41.4 Å². The minimum absolute atomic E-state index is 0.0521. The van der Waals surface area contributed by atoms with Crippen LogP contribution in [-0.2, 0) is 0 Å². The molecule has 0 aliphatic carbocycles. The molecule has 2 N–H and O–H groups in total. The third-order valence-corrected chi connectivity index (χ3v) is 3.35. The monoisotopic (exact) mass is 386 g/mol. The van der Waals surface area contributed by atoms with Gasteiger partial charge in [0.25, 0.3) is 5.95 Å². The first-order valence-corrected chi connectivity index (χ1v) is 7.07. The van der Waals surface area contributed by atoms with Crippen molar-refractivity contribution in [3.8, 4) is 5.88 Å². The van der Waals surface area contributed by atoms with Crippen LogP contribution in [0.5, 0.6) is 5.88 Å². The van der Waals surface area contributed by atoms with Gasteiger partial charge in [0, 0.05) is 9.86 Å². The maximum atomic E-state index is 9.88. The third kappa shape index (κ3) is 2.97. The van der Waals surface area contributed by atoms with Crippen LogP contribution in [0, 0.1) is 0 Å². The van der Waals surface area contributed by atoms with Gasteiger partial charge in [0.2, 0.25) is 16.4 Å². The van der Waals surface area contributed by atoms with E-state index in [0.29, 0.717) is 5.39 Å². The molecule has 3 rings (SSSR count). The Morgan fingerprint density at radius 1 is 1.10 bits per heavy atom. The molecule has 0 amide bonds. The van der Waals surface area contributed by atoms with Crippen molar-refractivity contribution in [2.75, 3.05) is 0 Å². The number of rotatable bonds is 2. The van der Waals surface area contributed by atoms with Crippen LogP contribution < -0.4 is 0 Å². The summed E-state index contributed by atoms with van der Waals surface area (Å²) in [6, 6.07) is 5.44. The van der Waals surface area contributed by atoms with Gasteiger partial charge in [-0.1, -0.05) is 15.9 Å². The molecule has 0 aliphatic heterocycles. The molecule has 1 aromatic carbocycles. The van der Waals surface area contributed by atoms with Gasteiger partial charge in [0.05, 0.1) is 5.52 Å². The Morgan fingerprint density at radius 2 is 1.81 bits per heavy atom. The van der Waals surface area contributed by atoms with Crippen LogP contribution in [0.25, 0.3) is 10.9 Å². The zero-order chi connectivity index (χ0) is 15.0. The Kier molecular flexibility index (Phi) is 3.75. The Hall–Kier alpha value is -1.77. The molecule has 3 aromatic rings. The quantitative estimate of drug-likeness (QED) is 0.630. The summed E-state index contributed by atoms with van der Waals surface area (Å²) in [6.07, 6.45) is 0. The van der Waals surface area contributed by atoms with E-state index in [1.807, 2.05) is 6.07 Å². The van der Waals surface area contributed by atoms with Gasteiger partial charge in [-0.3, -0.25) is 0 Å². The molecule has 0 saturated carbocycles. The summed E-state index contributed by atoms with van der Waals surface area (Å²) in [7, 11) is 0. The number of H-pyrrole nitrogens is 1. The first-order valence-electron chi connectivity index (χ1n) is 5.52. The molecule has 0 aliphatic rings. The number of nitrogens with zero attached hydrogens (tertiary/aromatic N) is 5. The van der Waals surface area contributed by atoms with Gasteiger partial charge in [0.1, 0.15) is 0 Å². The first-order chi connectivity index (χ1) is 10.0. The molecule has 0 spiro atoms. The molecule has 0 radical (unpaired) electrons. The minimum Gasteiger partial charge on any atom is -0.493 e. The highest BCUT2D eigenvalue weighted by Crippen LogP contribution is 2.37. The minimum atomic E-state index is -0.113. The molecule has 10 heteroatoms. The number of aromatic amines is 1. The summed E-state index contributed by atoms with van der Waals surface area (Å²) >= 11 is 14.7. The highest BCUT2D eigenvalue weighted by atomic mass is 79.9. The molecule has 7 nitrogen and oxygen atoms in total. The topological polar surface area (TPSA) is 99.4 Å². The maximum Gasteiger partial charge on any atom is 0.274 e. The summed E-state index contributed by atoms with van der Waals surface area (Å²) in [5, 5.41) is 18.1. The van der Waals surface area contributed by atoms with E-state index in [9.17, 15) is 5.11 Å². The van der Waals surface area contributed by atoms with Crippen molar-refractivity contribution >= 4 is 61.7 Å². The van der Waals surface area contributed by atoms with Crippen molar-refractivity contribution < 1.29 is 5.11 Å². The van der Waals surface area contributed by atoms with Crippen LogP contribution in [0.3, 0.4) is 0 Å². The molecular formula is C11H5BrCl2N6O. The fourth-order valence-corrected chi connectivity index (χ4v) is 2.41. The van der Waals surface area contributed by atoms with Crippen LogP contribution in [0.4, 0.5) is 11.6 Å². The zero-order valence-corrected chi connectivity index (χ0v) is 13.1. The summed E-state index contributed by atoms with van der Waals surface area (Å²) < 4.78 is 0.844. The number of fused-ring (bicyclic) bond motifs is 1. The lowest BCUT2D eigenvalue weighted by molar-refractivity contribution is 0.459. The van der Waals surface area contributed by atoms with Crippen LogP contribution in [0.2, 0.25) is 10.6 Å². The summed E-state index contributed by atoms with van der Waals surface area (Å²) in [5.74, 6) is -0.165. The van der Waals surface area contributed by atoms with E-state index in [0.717, 1.165) is 9.99 Å². The fourth-order valence-electron chi connectivity index (χ4n) is 1.69. The van der Waals surface area contributed by atoms with Gasteiger partial charge in [0.15, 0.2) is 5.69 Å². The smallest absolute Gasteiger partial charge is 0.274 e. The second kappa shape index (κ2) is 5.55.